The fraction of sp³-hybridized carbons (Fsp3) is 0.600. The zero-order chi connectivity index (χ0) is 11.4. The Balaban J connectivity index is 2.34. The van der Waals surface area contributed by atoms with Crippen LogP contribution in [-0.4, -0.2) is 29.3 Å². The van der Waals surface area contributed by atoms with Crippen molar-refractivity contribution in [2.75, 3.05) is 0 Å². The minimum Gasteiger partial charge on any atom is -0.481 e. The Morgan fingerprint density at radius 3 is 2.60 bits per heavy atom. The number of hydrogen-bond acceptors (Lipinski definition) is 3. The monoisotopic (exact) mass is 213 g/mol. The van der Waals surface area contributed by atoms with Crippen molar-refractivity contribution in [1.82, 2.24) is 5.32 Å². The van der Waals surface area contributed by atoms with Gasteiger partial charge >= 0.3 is 12.1 Å². The summed E-state index contributed by atoms with van der Waals surface area (Å²) in [5.74, 6) is -1.37. The summed E-state index contributed by atoms with van der Waals surface area (Å²) in [5, 5.41) is 11.3. The van der Waals surface area contributed by atoms with Crippen LogP contribution in [0.15, 0.2) is 12.2 Å². The van der Waals surface area contributed by atoms with Crippen molar-refractivity contribution in [3.05, 3.63) is 12.2 Å². The smallest absolute Gasteiger partial charge is 0.407 e. The van der Waals surface area contributed by atoms with Crippen molar-refractivity contribution in [1.29, 1.82) is 0 Å². The normalized spacial score (nSPS) is 24.2. The molecule has 2 unspecified atom stereocenters. The summed E-state index contributed by atoms with van der Waals surface area (Å²) >= 11 is 0. The number of hydrogen-bond donors (Lipinski definition) is 2. The second kappa shape index (κ2) is 4.82. The predicted octanol–water partition coefficient (Wildman–Crippen LogP) is 1.15. The van der Waals surface area contributed by atoms with Crippen LogP contribution in [0.1, 0.15) is 20.3 Å². The van der Waals surface area contributed by atoms with Crippen molar-refractivity contribution in [3.63, 3.8) is 0 Å². The molecule has 0 aromatic rings. The lowest BCUT2D eigenvalue weighted by atomic mass is 10.1. The summed E-state index contributed by atoms with van der Waals surface area (Å²) < 4.78 is 4.88. The molecule has 1 aliphatic carbocycles. The van der Waals surface area contributed by atoms with Gasteiger partial charge in [0.15, 0.2) is 0 Å². The fourth-order valence-corrected chi connectivity index (χ4v) is 1.39. The van der Waals surface area contributed by atoms with E-state index in [0.717, 1.165) is 0 Å². The second-order valence-electron chi connectivity index (χ2n) is 3.77. The maximum Gasteiger partial charge on any atom is 0.407 e. The minimum atomic E-state index is -0.868. The van der Waals surface area contributed by atoms with Crippen molar-refractivity contribution >= 4 is 12.1 Å². The summed E-state index contributed by atoms with van der Waals surface area (Å²) in [6, 6.07) is -0.239. The second-order valence-corrected chi connectivity index (χ2v) is 3.77. The number of aliphatic carboxylic acids is 1. The van der Waals surface area contributed by atoms with Crippen LogP contribution < -0.4 is 5.32 Å². The van der Waals surface area contributed by atoms with Crippen LogP contribution in [0.3, 0.4) is 0 Å². The van der Waals surface area contributed by atoms with Gasteiger partial charge in [0, 0.05) is 0 Å². The molecule has 1 rings (SSSR count). The molecule has 5 nitrogen and oxygen atoms in total. The molecular formula is C10H15NO4. The molecule has 0 aromatic heterocycles. The summed E-state index contributed by atoms with van der Waals surface area (Å²) in [4.78, 5) is 21.8. The van der Waals surface area contributed by atoms with Crippen LogP contribution in [0.4, 0.5) is 4.79 Å². The number of alkyl carbamates (subject to hydrolysis) is 1. The van der Waals surface area contributed by atoms with Crippen LogP contribution in [0, 0.1) is 5.92 Å². The van der Waals surface area contributed by atoms with Gasteiger partial charge in [0.05, 0.1) is 18.1 Å². The third-order valence-electron chi connectivity index (χ3n) is 2.05. The molecule has 0 aromatic carbocycles. The first-order chi connectivity index (χ1) is 6.99. The molecule has 0 saturated carbocycles. The van der Waals surface area contributed by atoms with Gasteiger partial charge in [0.2, 0.25) is 0 Å². The number of rotatable bonds is 3. The molecule has 0 aliphatic heterocycles. The first-order valence-corrected chi connectivity index (χ1v) is 4.87. The van der Waals surface area contributed by atoms with Gasteiger partial charge in [-0.3, -0.25) is 4.79 Å². The van der Waals surface area contributed by atoms with E-state index in [-0.39, 0.29) is 12.1 Å². The van der Waals surface area contributed by atoms with E-state index in [1.165, 1.54) is 0 Å². The van der Waals surface area contributed by atoms with Crippen molar-refractivity contribution in [3.8, 4) is 0 Å². The van der Waals surface area contributed by atoms with Gasteiger partial charge in [-0.2, -0.15) is 0 Å². The van der Waals surface area contributed by atoms with Crippen LogP contribution in [0.2, 0.25) is 0 Å². The molecule has 5 heteroatoms. The summed E-state index contributed by atoms with van der Waals surface area (Å²) in [5.41, 5.74) is 0. The lowest BCUT2D eigenvalue weighted by molar-refractivity contribution is -0.140. The Morgan fingerprint density at radius 2 is 2.13 bits per heavy atom. The molecule has 1 amide bonds. The Hall–Kier alpha value is -1.52. The maximum atomic E-state index is 11.2. The van der Waals surface area contributed by atoms with Gasteiger partial charge in [-0.15, -0.1) is 0 Å². The Kier molecular flexibility index (Phi) is 3.71. The van der Waals surface area contributed by atoms with Crippen molar-refractivity contribution < 1.29 is 19.4 Å². The number of carbonyl (C=O) groups is 2. The van der Waals surface area contributed by atoms with Gasteiger partial charge in [-0.05, 0) is 20.3 Å². The third kappa shape index (κ3) is 3.61. The minimum absolute atomic E-state index is 0.175. The zero-order valence-electron chi connectivity index (χ0n) is 8.77. The number of carboxylic acids is 1. The van der Waals surface area contributed by atoms with E-state index < -0.39 is 18.0 Å². The highest BCUT2D eigenvalue weighted by Gasteiger charge is 2.25. The average molecular weight is 213 g/mol. The molecule has 0 bridgehead atoms. The van der Waals surface area contributed by atoms with E-state index in [4.69, 9.17) is 9.84 Å². The quantitative estimate of drug-likeness (QED) is 0.689. The summed E-state index contributed by atoms with van der Waals surface area (Å²) in [6.45, 7) is 3.51. The van der Waals surface area contributed by atoms with Gasteiger partial charge in [-0.25, -0.2) is 4.79 Å². The lowest BCUT2D eigenvalue weighted by Gasteiger charge is -2.13. The average Bonchev–Trinajstić information content (AvgIpc) is 2.50. The van der Waals surface area contributed by atoms with Crippen LogP contribution in [-0.2, 0) is 9.53 Å². The highest BCUT2D eigenvalue weighted by atomic mass is 16.6. The van der Waals surface area contributed by atoms with Crippen LogP contribution in [0.25, 0.3) is 0 Å². The van der Waals surface area contributed by atoms with E-state index in [9.17, 15) is 9.59 Å². The Bertz CT molecular complexity index is 285. The fourth-order valence-electron chi connectivity index (χ4n) is 1.39. The van der Waals surface area contributed by atoms with E-state index in [2.05, 4.69) is 5.32 Å². The predicted molar refractivity (Wildman–Crippen MR) is 53.4 cm³/mol. The molecule has 0 radical (unpaired) electrons. The molecule has 15 heavy (non-hydrogen) atoms. The first-order valence-electron chi connectivity index (χ1n) is 4.87. The highest BCUT2D eigenvalue weighted by molar-refractivity contribution is 5.74. The molecule has 0 heterocycles. The Labute approximate surface area is 88.1 Å². The summed E-state index contributed by atoms with van der Waals surface area (Å²) in [7, 11) is 0. The largest absolute Gasteiger partial charge is 0.481 e. The van der Waals surface area contributed by atoms with Crippen LogP contribution in [0.5, 0.6) is 0 Å². The van der Waals surface area contributed by atoms with E-state index in [1.807, 2.05) is 0 Å². The van der Waals surface area contributed by atoms with Gasteiger partial charge in [-0.1, -0.05) is 12.2 Å². The van der Waals surface area contributed by atoms with Gasteiger partial charge in [0.1, 0.15) is 0 Å². The molecule has 0 saturated heterocycles. The van der Waals surface area contributed by atoms with Gasteiger partial charge in [0.25, 0.3) is 0 Å². The number of nitrogens with one attached hydrogen (secondary N) is 1. The molecule has 2 N–H and O–H groups in total. The van der Waals surface area contributed by atoms with Crippen molar-refractivity contribution in [2.24, 2.45) is 5.92 Å². The number of amides is 1. The maximum absolute atomic E-state index is 11.2. The number of carbonyl (C=O) groups excluding carboxylic acids is 1. The molecular weight excluding hydrogens is 198 g/mol. The van der Waals surface area contributed by atoms with E-state index in [0.29, 0.717) is 6.42 Å². The SMILES string of the molecule is CC(C)OC(=O)NC1C=CC(C(=O)O)C1. The van der Waals surface area contributed by atoms with E-state index >= 15 is 0 Å². The van der Waals surface area contributed by atoms with Gasteiger partial charge < -0.3 is 15.2 Å². The van der Waals surface area contributed by atoms with Crippen LogP contribution >= 0.6 is 0 Å². The Morgan fingerprint density at radius 1 is 1.47 bits per heavy atom. The topological polar surface area (TPSA) is 75.6 Å². The standard InChI is InChI=1S/C10H15NO4/c1-6(2)15-10(14)11-8-4-3-7(5-8)9(12)13/h3-4,6-8H,5H2,1-2H3,(H,11,14)(H,12,13). The van der Waals surface area contributed by atoms with E-state index in [1.54, 1.807) is 26.0 Å². The molecule has 2 atom stereocenters. The molecule has 0 spiro atoms. The highest BCUT2D eigenvalue weighted by Crippen LogP contribution is 2.17. The molecule has 1 aliphatic rings. The molecule has 84 valence electrons. The van der Waals surface area contributed by atoms with Crippen molar-refractivity contribution in [2.45, 2.75) is 32.4 Å². The third-order valence-corrected chi connectivity index (χ3v) is 2.05. The lowest BCUT2D eigenvalue weighted by Crippen LogP contribution is -2.35. The molecule has 0 fully saturated rings. The zero-order valence-corrected chi connectivity index (χ0v) is 8.77. The number of ether oxygens (including phenoxy) is 1. The first kappa shape index (κ1) is 11.6. The number of carboxylic acid groups (broad SMARTS) is 1. The summed E-state index contributed by atoms with van der Waals surface area (Å²) in [6.07, 6.45) is 2.97.